The molecule has 1 aromatic heterocycles. The summed E-state index contributed by atoms with van der Waals surface area (Å²) in [4.78, 5) is 3.69. The number of aliphatic hydroxyl groups is 1. The van der Waals surface area contributed by atoms with Crippen LogP contribution in [0.5, 0.6) is 0 Å². The van der Waals surface area contributed by atoms with Crippen molar-refractivity contribution >= 4 is 15.8 Å². The molecule has 0 bridgehead atoms. The van der Waals surface area contributed by atoms with Crippen molar-refractivity contribution in [3.05, 3.63) is 18.3 Å². The molecule has 0 saturated heterocycles. The number of aliphatic hydroxyl groups excluding tert-OH is 1. The minimum atomic E-state index is -4.08. The monoisotopic (exact) mass is 295 g/mol. The molecule has 6 nitrogen and oxygen atoms in total. The highest BCUT2D eigenvalue weighted by Gasteiger charge is 2.27. The first kappa shape index (κ1) is 15.7. The fourth-order valence-corrected chi connectivity index (χ4v) is 2.85. The molecule has 2 N–H and O–H groups in total. The van der Waals surface area contributed by atoms with Gasteiger partial charge < -0.3 is 10.4 Å². The molecule has 0 aromatic carbocycles. The molecule has 0 fully saturated rings. The van der Waals surface area contributed by atoms with Crippen molar-refractivity contribution in [3.63, 3.8) is 0 Å². The van der Waals surface area contributed by atoms with E-state index < -0.39 is 29.6 Å². The van der Waals surface area contributed by atoms with E-state index in [2.05, 4.69) is 10.3 Å². The molecule has 19 heavy (non-hydrogen) atoms. The van der Waals surface area contributed by atoms with Gasteiger partial charge in [0.05, 0.1) is 18.0 Å². The number of anilines is 1. The number of sulfonamides is 1. The van der Waals surface area contributed by atoms with Crippen LogP contribution in [0.4, 0.5) is 14.6 Å². The van der Waals surface area contributed by atoms with E-state index in [1.54, 1.807) is 7.05 Å². The van der Waals surface area contributed by atoms with Gasteiger partial charge in [-0.05, 0) is 6.07 Å². The maximum atomic E-state index is 12.4. The fraction of sp³-hybridized carbons (Fsp3) is 0.500. The van der Waals surface area contributed by atoms with Crippen molar-refractivity contribution in [1.29, 1.82) is 0 Å². The molecule has 1 rings (SSSR count). The third-order valence-electron chi connectivity index (χ3n) is 2.32. The minimum Gasteiger partial charge on any atom is -0.395 e. The van der Waals surface area contributed by atoms with E-state index in [0.29, 0.717) is 10.1 Å². The molecule has 0 aliphatic heterocycles. The molecule has 1 aromatic rings. The molecular weight excluding hydrogens is 280 g/mol. The van der Waals surface area contributed by atoms with Crippen molar-refractivity contribution in [3.8, 4) is 0 Å². The van der Waals surface area contributed by atoms with Crippen LogP contribution in [-0.2, 0) is 10.0 Å². The Morgan fingerprint density at radius 2 is 2.21 bits per heavy atom. The SMILES string of the molecule is CNc1cc(S(=O)(=O)N(CCO)CC(F)F)ccn1. The molecular formula is C10H15F2N3O3S. The highest BCUT2D eigenvalue weighted by atomic mass is 32.2. The smallest absolute Gasteiger partial charge is 0.252 e. The molecule has 0 spiro atoms. The van der Waals surface area contributed by atoms with Gasteiger partial charge in [0.2, 0.25) is 10.0 Å². The maximum Gasteiger partial charge on any atom is 0.252 e. The van der Waals surface area contributed by atoms with Crippen molar-refractivity contribution in [2.45, 2.75) is 11.3 Å². The van der Waals surface area contributed by atoms with Gasteiger partial charge in [0.15, 0.2) is 0 Å². The summed E-state index contributed by atoms with van der Waals surface area (Å²) in [7, 11) is -2.52. The Labute approximate surface area is 110 Å². The first-order chi connectivity index (χ1) is 8.91. The topological polar surface area (TPSA) is 82.5 Å². The molecule has 0 aliphatic rings. The predicted octanol–water partition coefficient (Wildman–Crippen LogP) is 0.371. The molecule has 0 saturated carbocycles. The minimum absolute atomic E-state index is 0.152. The summed E-state index contributed by atoms with van der Waals surface area (Å²) in [5.41, 5.74) is 0. The van der Waals surface area contributed by atoms with Crippen molar-refractivity contribution in [2.75, 3.05) is 32.1 Å². The first-order valence-corrected chi connectivity index (χ1v) is 6.88. The molecule has 0 atom stereocenters. The van der Waals surface area contributed by atoms with E-state index in [-0.39, 0.29) is 11.4 Å². The molecule has 108 valence electrons. The van der Waals surface area contributed by atoms with Gasteiger partial charge in [-0.3, -0.25) is 0 Å². The summed E-state index contributed by atoms with van der Waals surface area (Å²) < 4.78 is 49.6. The lowest BCUT2D eigenvalue weighted by Crippen LogP contribution is -2.37. The third-order valence-corrected chi connectivity index (χ3v) is 4.18. The van der Waals surface area contributed by atoms with Gasteiger partial charge in [0.25, 0.3) is 6.43 Å². The number of hydrogen-bond donors (Lipinski definition) is 2. The fourth-order valence-electron chi connectivity index (χ4n) is 1.43. The number of rotatable bonds is 7. The Morgan fingerprint density at radius 3 is 2.74 bits per heavy atom. The second kappa shape index (κ2) is 6.73. The van der Waals surface area contributed by atoms with Gasteiger partial charge in [-0.1, -0.05) is 0 Å². The Morgan fingerprint density at radius 1 is 1.53 bits per heavy atom. The summed E-state index contributed by atoms with van der Waals surface area (Å²) in [5.74, 6) is 0.307. The number of hydrogen-bond acceptors (Lipinski definition) is 5. The summed E-state index contributed by atoms with van der Waals surface area (Å²) in [6, 6.07) is 2.46. The van der Waals surface area contributed by atoms with Crippen molar-refractivity contribution in [2.24, 2.45) is 0 Å². The number of alkyl halides is 2. The van der Waals surface area contributed by atoms with Gasteiger partial charge in [-0.25, -0.2) is 22.2 Å². The van der Waals surface area contributed by atoms with Crippen LogP contribution in [0.25, 0.3) is 0 Å². The molecule has 9 heteroatoms. The van der Waals surface area contributed by atoms with E-state index in [9.17, 15) is 17.2 Å². The van der Waals surface area contributed by atoms with Crippen LogP contribution in [-0.4, -0.2) is 56.0 Å². The summed E-state index contributed by atoms with van der Waals surface area (Å²) in [6.07, 6.45) is -1.55. The van der Waals surface area contributed by atoms with Crippen LogP contribution in [0, 0.1) is 0 Å². The summed E-state index contributed by atoms with van der Waals surface area (Å²) >= 11 is 0. The second-order valence-electron chi connectivity index (χ2n) is 3.60. The van der Waals surface area contributed by atoms with Gasteiger partial charge >= 0.3 is 0 Å². The lowest BCUT2D eigenvalue weighted by Gasteiger charge is -2.20. The van der Waals surface area contributed by atoms with E-state index >= 15 is 0 Å². The first-order valence-electron chi connectivity index (χ1n) is 5.44. The lowest BCUT2D eigenvalue weighted by molar-refractivity contribution is 0.113. The van der Waals surface area contributed by atoms with E-state index in [1.807, 2.05) is 0 Å². The normalized spacial score (nSPS) is 12.1. The average molecular weight is 295 g/mol. The highest BCUT2D eigenvalue weighted by molar-refractivity contribution is 7.89. The van der Waals surface area contributed by atoms with Crippen LogP contribution in [0.15, 0.2) is 23.2 Å². The van der Waals surface area contributed by atoms with Gasteiger partial charge in [0.1, 0.15) is 5.82 Å². The van der Waals surface area contributed by atoms with E-state index in [1.165, 1.54) is 18.3 Å². The molecule has 0 unspecified atom stereocenters. The molecule has 0 aliphatic carbocycles. The third kappa shape index (κ3) is 4.08. The Bertz CT molecular complexity index is 510. The average Bonchev–Trinajstić information content (AvgIpc) is 2.38. The van der Waals surface area contributed by atoms with E-state index in [0.717, 1.165) is 0 Å². The summed E-state index contributed by atoms with van der Waals surface area (Å²) in [5, 5.41) is 11.4. The Balaban J connectivity index is 3.10. The van der Waals surface area contributed by atoms with Crippen LogP contribution in [0.2, 0.25) is 0 Å². The number of pyridine rings is 1. The lowest BCUT2D eigenvalue weighted by atomic mass is 10.5. The quantitative estimate of drug-likeness (QED) is 0.759. The molecule has 0 amide bonds. The van der Waals surface area contributed by atoms with Gasteiger partial charge in [-0.2, -0.15) is 4.31 Å². The second-order valence-corrected chi connectivity index (χ2v) is 5.54. The van der Waals surface area contributed by atoms with Crippen molar-refractivity contribution < 1.29 is 22.3 Å². The number of halogens is 2. The number of nitrogens with zero attached hydrogens (tertiary/aromatic N) is 2. The van der Waals surface area contributed by atoms with Gasteiger partial charge in [0, 0.05) is 25.9 Å². The Kier molecular flexibility index (Phi) is 5.58. The Hall–Kier alpha value is -1.32. The number of aromatic nitrogens is 1. The van der Waals surface area contributed by atoms with Crippen LogP contribution in [0.1, 0.15) is 0 Å². The standard InChI is InChI=1S/C10H15F2N3O3S/c1-13-10-6-8(2-3-14-10)19(17,18)15(4-5-16)7-9(11)12/h2-3,6,9,16H,4-5,7H2,1H3,(H,13,14). The van der Waals surface area contributed by atoms with Crippen molar-refractivity contribution in [1.82, 2.24) is 9.29 Å². The van der Waals surface area contributed by atoms with E-state index in [4.69, 9.17) is 5.11 Å². The van der Waals surface area contributed by atoms with Gasteiger partial charge in [-0.15, -0.1) is 0 Å². The van der Waals surface area contributed by atoms with Crippen LogP contribution < -0.4 is 5.32 Å². The predicted molar refractivity (Wildman–Crippen MR) is 65.6 cm³/mol. The zero-order valence-electron chi connectivity index (χ0n) is 10.3. The maximum absolute atomic E-state index is 12.4. The number of nitrogens with one attached hydrogen (secondary N) is 1. The summed E-state index contributed by atoms with van der Waals surface area (Å²) in [6.45, 7) is -1.88. The van der Waals surface area contributed by atoms with Crippen LogP contribution >= 0.6 is 0 Å². The zero-order valence-corrected chi connectivity index (χ0v) is 11.1. The molecule has 1 heterocycles. The zero-order chi connectivity index (χ0) is 14.5. The largest absolute Gasteiger partial charge is 0.395 e. The highest BCUT2D eigenvalue weighted by Crippen LogP contribution is 2.18. The molecule has 0 radical (unpaired) electrons. The van der Waals surface area contributed by atoms with Crippen LogP contribution in [0.3, 0.4) is 0 Å².